The molecule has 0 saturated carbocycles. The monoisotopic (exact) mass is 404 g/mol. The van der Waals surface area contributed by atoms with Crippen LogP contribution in [0.1, 0.15) is 30.2 Å². The molecule has 0 aliphatic rings. The van der Waals surface area contributed by atoms with Gasteiger partial charge in [-0.3, -0.25) is 19.9 Å². The molecule has 0 fully saturated rings. The largest absolute Gasteiger partial charge is 0.493 e. The number of hydrogen-bond donors (Lipinski definition) is 2. The molecule has 0 saturated heterocycles. The lowest BCUT2D eigenvalue weighted by Gasteiger charge is -2.07. The third-order valence-electron chi connectivity index (χ3n) is 3.71. The zero-order valence-corrected chi connectivity index (χ0v) is 17.3. The Morgan fingerprint density at radius 2 is 1.75 bits per heavy atom. The van der Waals surface area contributed by atoms with Crippen molar-refractivity contribution in [2.75, 3.05) is 12.9 Å². The maximum Gasteiger partial charge on any atom is 0.226 e. The number of imide groups is 1. The lowest BCUT2D eigenvalue weighted by molar-refractivity contribution is -0.125. The van der Waals surface area contributed by atoms with E-state index in [-0.39, 0.29) is 5.91 Å². The van der Waals surface area contributed by atoms with E-state index >= 15 is 0 Å². The van der Waals surface area contributed by atoms with Gasteiger partial charge in [0.15, 0.2) is 0 Å². The van der Waals surface area contributed by atoms with Gasteiger partial charge < -0.3 is 9.53 Å². The Bertz CT molecular complexity index is 676. The number of hydrogen-bond acceptors (Lipinski definition) is 6. The Morgan fingerprint density at radius 3 is 2.29 bits per heavy atom. The topological polar surface area (TPSA) is 85.4 Å². The van der Waals surface area contributed by atoms with Crippen molar-refractivity contribution in [3.05, 3.63) is 59.4 Å². The van der Waals surface area contributed by atoms with Gasteiger partial charge in [-0.05, 0) is 48.4 Å². The molecule has 2 amide bonds. The molecule has 1 N–H and O–H groups in total. The van der Waals surface area contributed by atoms with Crippen molar-refractivity contribution in [2.45, 2.75) is 32.6 Å². The number of carbonyl (C=O) groups is 3. The molecule has 1 aromatic heterocycles. The van der Waals surface area contributed by atoms with E-state index in [1.54, 1.807) is 6.26 Å². The van der Waals surface area contributed by atoms with Gasteiger partial charge in [0, 0.05) is 24.7 Å². The molecule has 0 unspecified atom stereocenters. The standard InChI is InChI=1S/C19H22N2O3.CH2O.CH4S/c1-2-15-3-7-17(20-13-15)11-12-24-18-8-4-16(5-9-18)6-10-19(23)21-14-22;2*1-2/h3-5,7-9,13-14H,2,6,10-12H2,1H3,(H,21,22,23);1H2;2H,1H3. The Kier molecular flexibility index (Phi) is 14.9. The number of rotatable bonds is 9. The molecule has 152 valence electrons. The molecule has 0 bridgehead atoms. The first-order valence-corrected chi connectivity index (χ1v) is 9.73. The van der Waals surface area contributed by atoms with Crippen molar-refractivity contribution < 1.29 is 19.1 Å². The van der Waals surface area contributed by atoms with Crippen LogP contribution in [-0.4, -0.2) is 37.0 Å². The Balaban J connectivity index is 0.00000171. The maximum atomic E-state index is 11.2. The molecule has 2 aromatic rings. The van der Waals surface area contributed by atoms with Crippen LogP contribution in [0, 0.1) is 0 Å². The molecular weight excluding hydrogens is 376 g/mol. The van der Waals surface area contributed by atoms with Gasteiger partial charge in [-0.15, -0.1) is 0 Å². The predicted octanol–water partition coefficient (Wildman–Crippen LogP) is 2.83. The summed E-state index contributed by atoms with van der Waals surface area (Å²) in [6, 6.07) is 11.8. The second-order valence-corrected chi connectivity index (χ2v) is 5.44. The summed E-state index contributed by atoms with van der Waals surface area (Å²) < 4.78 is 5.72. The van der Waals surface area contributed by atoms with E-state index in [9.17, 15) is 9.59 Å². The number of nitrogens with zero attached hydrogens (tertiary/aromatic N) is 1. The average Bonchev–Trinajstić information content (AvgIpc) is 2.77. The summed E-state index contributed by atoms with van der Waals surface area (Å²) in [5, 5.41) is 2.13. The first-order valence-electron chi connectivity index (χ1n) is 8.83. The molecule has 0 radical (unpaired) electrons. The summed E-state index contributed by atoms with van der Waals surface area (Å²) in [6.45, 7) is 4.68. The molecule has 1 heterocycles. The third kappa shape index (κ3) is 10.5. The van der Waals surface area contributed by atoms with E-state index in [0.717, 1.165) is 29.8 Å². The second kappa shape index (κ2) is 16.5. The number of ether oxygens (including phenoxy) is 1. The average molecular weight is 405 g/mol. The molecule has 6 nitrogen and oxygen atoms in total. The lowest BCUT2D eigenvalue weighted by atomic mass is 10.1. The van der Waals surface area contributed by atoms with Crippen LogP contribution in [0.4, 0.5) is 0 Å². The first-order chi connectivity index (χ1) is 13.7. The van der Waals surface area contributed by atoms with Gasteiger partial charge in [0.05, 0.1) is 6.61 Å². The van der Waals surface area contributed by atoms with E-state index in [0.29, 0.717) is 25.9 Å². The summed E-state index contributed by atoms with van der Waals surface area (Å²) in [6.07, 6.45) is 6.64. The summed E-state index contributed by atoms with van der Waals surface area (Å²) in [4.78, 5) is 33.8. The highest BCUT2D eigenvalue weighted by molar-refractivity contribution is 7.79. The molecule has 0 spiro atoms. The summed E-state index contributed by atoms with van der Waals surface area (Å²) >= 11 is 3.53. The number of carbonyl (C=O) groups excluding carboxylic acids is 3. The van der Waals surface area contributed by atoms with Crippen LogP contribution >= 0.6 is 12.6 Å². The summed E-state index contributed by atoms with van der Waals surface area (Å²) in [5.74, 6) is 0.521. The van der Waals surface area contributed by atoms with Gasteiger partial charge in [0.1, 0.15) is 12.5 Å². The van der Waals surface area contributed by atoms with Crippen LogP contribution in [0.3, 0.4) is 0 Å². The minimum atomic E-state index is -0.271. The van der Waals surface area contributed by atoms with Crippen LogP contribution in [0.5, 0.6) is 5.75 Å². The van der Waals surface area contributed by atoms with Gasteiger partial charge in [0.25, 0.3) is 0 Å². The van der Waals surface area contributed by atoms with E-state index in [4.69, 9.17) is 9.53 Å². The molecule has 2 rings (SSSR count). The summed E-state index contributed by atoms with van der Waals surface area (Å²) in [5.41, 5.74) is 3.28. The van der Waals surface area contributed by atoms with Crippen molar-refractivity contribution >= 4 is 31.7 Å². The van der Waals surface area contributed by atoms with Crippen LogP contribution in [0.15, 0.2) is 42.6 Å². The van der Waals surface area contributed by atoms with Crippen molar-refractivity contribution in [2.24, 2.45) is 0 Å². The molecule has 0 atom stereocenters. The van der Waals surface area contributed by atoms with Gasteiger partial charge in [0.2, 0.25) is 12.3 Å². The highest BCUT2D eigenvalue weighted by Crippen LogP contribution is 2.14. The quantitative estimate of drug-likeness (QED) is 0.496. The van der Waals surface area contributed by atoms with Gasteiger partial charge in [-0.2, -0.15) is 12.6 Å². The van der Waals surface area contributed by atoms with E-state index in [2.05, 4.69) is 35.9 Å². The zero-order chi connectivity index (χ0) is 21.2. The van der Waals surface area contributed by atoms with Crippen molar-refractivity contribution in [3.8, 4) is 5.75 Å². The van der Waals surface area contributed by atoms with E-state index in [1.807, 2.05) is 43.3 Å². The highest BCUT2D eigenvalue weighted by atomic mass is 32.1. The molecule has 0 aliphatic carbocycles. The zero-order valence-electron chi connectivity index (χ0n) is 16.4. The van der Waals surface area contributed by atoms with E-state index in [1.165, 1.54) is 5.56 Å². The van der Waals surface area contributed by atoms with Gasteiger partial charge in [-0.25, -0.2) is 0 Å². The minimum Gasteiger partial charge on any atom is -0.493 e. The molecule has 1 aromatic carbocycles. The molecule has 7 heteroatoms. The number of aromatic nitrogens is 1. The van der Waals surface area contributed by atoms with Crippen LogP contribution in [0.25, 0.3) is 0 Å². The third-order valence-corrected chi connectivity index (χ3v) is 3.71. The fraction of sp³-hybridized carbons (Fsp3) is 0.333. The van der Waals surface area contributed by atoms with Crippen molar-refractivity contribution in [1.82, 2.24) is 10.3 Å². The number of pyridine rings is 1. The van der Waals surface area contributed by atoms with Crippen LogP contribution in [-0.2, 0) is 33.6 Å². The van der Waals surface area contributed by atoms with Crippen LogP contribution < -0.4 is 10.1 Å². The minimum absolute atomic E-state index is 0.271. The maximum absolute atomic E-state index is 11.2. The first kappa shape index (κ1) is 25.3. The highest BCUT2D eigenvalue weighted by Gasteiger charge is 2.02. The number of nitrogens with one attached hydrogen (secondary N) is 1. The second-order valence-electron chi connectivity index (χ2n) is 5.44. The Labute approximate surface area is 172 Å². The molecule has 28 heavy (non-hydrogen) atoms. The molecule has 0 aliphatic heterocycles. The smallest absolute Gasteiger partial charge is 0.226 e. The lowest BCUT2D eigenvalue weighted by Crippen LogP contribution is -2.21. The van der Waals surface area contributed by atoms with Crippen molar-refractivity contribution in [1.29, 1.82) is 0 Å². The Morgan fingerprint density at radius 1 is 1.11 bits per heavy atom. The Hall–Kier alpha value is -2.67. The van der Waals surface area contributed by atoms with Crippen molar-refractivity contribution in [3.63, 3.8) is 0 Å². The normalized spacial score (nSPS) is 9.11. The fourth-order valence-corrected chi connectivity index (χ4v) is 2.23. The fourth-order valence-electron chi connectivity index (χ4n) is 2.23. The molecular formula is C21H28N2O4S. The number of amides is 2. The summed E-state index contributed by atoms with van der Waals surface area (Å²) in [7, 11) is 0. The number of benzene rings is 1. The van der Waals surface area contributed by atoms with Gasteiger partial charge >= 0.3 is 0 Å². The van der Waals surface area contributed by atoms with Crippen LogP contribution in [0.2, 0.25) is 0 Å². The predicted molar refractivity (Wildman–Crippen MR) is 114 cm³/mol. The SMILES string of the molecule is C=O.CCc1ccc(CCOc2ccc(CCC(=O)NC=O)cc2)nc1.CS. The van der Waals surface area contributed by atoms with E-state index < -0.39 is 0 Å². The number of aryl methyl sites for hydroxylation is 2. The number of thiol groups is 1. The van der Waals surface area contributed by atoms with Gasteiger partial charge in [-0.1, -0.05) is 25.1 Å².